The SMILES string of the molecule is COCCc1noc(CN(C)C(=O)c2cc(Cl)c(N)cc2OC)n1.Cl. The highest BCUT2D eigenvalue weighted by atomic mass is 35.5. The number of anilines is 1. The predicted octanol–water partition coefficient (Wildman–Crippen LogP) is 2.20. The highest BCUT2D eigenvalue weighted by Crippen LogP contribution is 2.29. The van der Waals surface area contributed by atoms with Gasteiger partial charge in [0, 0.05) is 26.6 Å². The zero-order chi connectivity index (χ0) is 17.7. The molecule has 1 amide bonds. The molecule has 0 radical (unpaired) electrons. The molecule has 0 saturated heterocycles. The van der Waals surface area contributed by atoms with Crippen LogP contribution >= 0.6 is 24.0 Å². The minimum Gasteiger partial charge on any atom is -0.496 e. The van der Waals surface area contributed by atoms with Gasteiger partial charge in [0.15, 0.2) is 5.82 Å². The van der Waals surface area contributed by atoms with Crippen LogP contribution in [0.4, 0.5) is 5.69 Å². The molecule has 1 aromatic carbocycles. The maximum absolute atomic E-state index is 12.6. The van der Waals surface area contributed by atoms with Crippen LogP contribution in [0.3, 0.4) is 0 Å². The Balaban J connectivity index is 0.00000312. The summed E-state index contributed by atoms with van der Waals surface area (Å²) < 4.78 is 15.3. The Labute approximate surface area is 156 Å². The lowest BCUT2D eigenvalue weighted by Gasteiger charge is -2.17. The van der Waals surface area contributed by atoms with Crippen LogP contribution < -0.4 is 10.5 Å². The Morgan fingerprint density at radius 1 is 1.40 bits per heavy atom. The Bertz CT molecular complexity index is 724. The van der Waals surface area contributed by atoms with Gasteiger partial charge in [0.25, 0.3) is 5.91 Å². The molecule has 0 fully saturated rings. The molecule has 2 aromatic rings. The van der Waals surface area contributed by atoms with Gasteiger partial charge in [-0.1, -0.05) is 16.8 Å². The number of amides is 1. The number of nitrogens with zero attached hydrogens (tertiary/aromatic N) is 3. The van der Waals surface area contributed by atoms with Crippen molar-refractivity contribution in [2.24, 2.45) is 0 Å². The topological polar surface area (TPSA) is 104 Å². The number of hydrogen-bond acceptors (Lipinski definition) is 7. The van der Waals surface area contributed by atoms with E-state index in [9.17, 15) is 4.79 Å². The molecule has 138 valence electrons. The second kappa shape index (κ2) is 9.45. The van der Waals surface area contributed by atoms with Crippen LogP contribution in [0.25, 0.3) is 0 Å². The molecule has 0 aliphatic carbocycles. The third kappa shape index (κ3) is 5.22. The second-order valence-corrected chi connectivity index (χ2v) is 5.49. The lowest BCUT2D eigenvalue weighted by atomic mass is 10.1. The summed E-state index contributed by atoms with van der Waals surface area (Å²) >= 11 is 6.00. The quantitative estimate of drug-likeness (QED) is 0.722. The number of carbonyl (C=O) groups excluding carboxylic acids is 1. The Morgan fingerprint density at radius 3 is 2.76 bits per heavy atom. The standard InChI is InChI=1S/C15H19ClN4O4.ClH/c1-20(8-14-18-13(19-24-14)4-5-22-2)15(21)9-6-10(16)11(17)7-12(9)23-3;/h6-7H,4-5,8,17H2,1-3H3;1H. The van der Waals surface area contributed by atoms with Crippen molar-refractivity contribution in [3.63, 3.8) is 0 Å². The van der Waals surface area contributed by atoms with E-state index in [4.69, 9.17) is 31.3 Å². The highest BCUT2D eigenvalue weighted by molar-refractivity contribution is 6.33. The average Bonchev–Trinajstić information content (AvgIpc) is 3.01. The third-order valence-corrected chi connectivity index (χ3v) is 3.64. The van der Waals surface area contributed by atoms with Gasteiger partial charge in [-0.2, -0.15) is 4.98 Å². The molecule has 0 unspecified atom stereocenters. The molecule has 0 aliphatic rings. The van der Waals surface area contributed by atoms with Crippen LogP contribution in [0.2, 0.25) is 5.02 Å². The van der Waals surface area contributed by atoms with E-state index in [1.807, 2.05) is 0 Å². The fourth-order valence-corrected chi connectivity index (χ4v) is 2.20. The molecule has 0 spiro atoms. The fraction of sp³-hybridized carbons (Fsp3) is 0.400. The number of nitrogens with two attached hydrogens (primary N) is 1. The third-order valence-electron chi connectivity index (χ3n) is 3.31. The van der Waals surface area contributed by atoms with Crippen molar-refractivity contribution in [3.05, 3.63) is 34.4 Å². The first kappa shape index (κ1) is 21.0. The Kier molecular flexibility index (Phi) is 7.95. The van der Waals surface area contributed by atoms with Crippen LogP contribution in [0, 0.1) is 0 Å². The molecule has 1 aromatic heterocycles. The van der Waals surface area contributed by atoms with E-state index in [1.165, 1.54) is 24.1 Å². The number of ether oxygens (including phenoxy) is 2. The number of nitrogen functional groups attached to an aromatic ring is 1. The van der Waals surface area contributed by atoms with Gasteiger partial charge in [0.2, 0.25) is 5.89 Å². The van der Waals surface area contributed by atoms with Crippen LogP contribution in [0.15, 0.2) is 16.7 Å². The Hall–Kier alpha value is -2.03. The molecule has 8 nitrogen and oxygen atoms in total. The van der Waals surface area contributed by atoms with E-state index >= 15 is 0 Å². The van der Waals surface area contributed by atoms with Gasteiger partial charge in [0.05, 0.1) is 36.5 Å². The number of aromatic nitrogens is 2. The summed E-state index contributed by atoms with van der Waals surface area (Å²) in [4.78, 5) is 18.2. The number of hydrogen-bond donors (Lipinski definition) is 1. The number of benzene rings is 1. The smallest absolute Gasteiger partial charge is 0.257 e. The molecule has 0 atom stereocenters. The molecule has 25 heavy (non-hydrogen) atoms. The molecule has 0 saturated carbocycles. The second-order valence-electron chi connectivity index (χ2n) is 5.08. The molecule has 0 aliphatic heterocycles. The summed E-state index contributed by atoms with van der Waals surface area (Å²) in [6, 6.07) is 2.99. The predicted molar refractivity (Wildman–Crippen MR) is 95.3 cm³/mol. The van der Waals surface area contributed by atoms with Crippen molar-refractivity contribution < 1.29 is 18.8 Å². The minimum absolute atomic E-state index is 0. The van der Waals surface area contributed by atoms with Crippen LogP contribution in [0.5, 0.6) is 5.75 Å². The zero-order valence-corrected chi connectivity index (χ0v) is 15.7. The lowest BCUT2D eigenvalue weighted by molar-refractivity contribution is 0.0766. The number of halogens is 2. The van der Waals surface area contributed by atoms with Gasteiger partial charge >= 0.3 is 0 Å². The summed E-state index contributed by atoms with van der Waals surface area (Å²) in [6.07, 6.45) is 0.541. The molecule has 1 heterocycles. The van der Waals surface area contributed by atoms with E-state index in [0.29, 0.717) is 41.7 Å². The highest BCUT2D eigenvalue weighted by Gasteiger charge is 2.20. The summed E-state index contributed by atoms with van der Waals surface area (Å²) in [7, 11) is 4.67. The van der Waals surface area contributed by atoms with E-state index in [2.05, 4.69) is 10.1 Å². The monoisotopic (exact) mass is 390 g/mol. The van der Waals surface area contributed by atoms with E-state index in [1.54, 1.807) is 14.2 Å². The molecule has 2 N–H and O–H groups in total. The van der Waals surface area contributed by atoms with Crippen molar-refractivity contribution in [3.8, 4) is 5.75 Å². The van der Waals surface area contributed by atoms with E-state index < -0.39 is 0 Å². The minimum atomic E-state index is -0.301. The van der Waals surface area contributed by atoms with Crippen LogP contribution in [-0.2, 0) is 17.7 Å². The summed E-state index contributed by atoms with van der Waals surface area (Å²) in [5.74, 6) is 0.906. The average molecular weight is 391 g/mol. The first-order chi connectivity index (χ1) is 11.5. The number of carbonyl (C=O) groups is 1. The first-order valence-corrected chi connectivity index (χ1v) is 7.53. The number of rotatable bonds is 7. The van der Waals surface area contributed by atoms with Crippen molar-refractivity contribution in [2.45, 2.75) is 13.0 Å². The van der Waals surface area contributed by atoms with Gasteiger partial charge in [0.1, 0.15) is 5.75 Å². The van der Waals surface area contributed by atoms with Crippen LogP contribution in [-0.4, -0.2) is 48.8 Å². The maximum Gasteiger partial charge on any atom is 0.257 e. The summed E-state index contributed by atoms with van der Waals surface area (Å²) in [5, 5.41) is 4.12. The van der Waals surface area contributed by atoms with Crippen LogP contribution in [0.1, 0.15) is 22.1 Å². The summed E-state index contributed by atoms with van der Waals surface area (Å²) in [5.41, 5.74) is 6.37. The summed E-state index contributed by atoms with van der Waals surface area (Å²) in [6.45, 7) is 0.652. The van der Waals surface area contributed by atoms with Gasteiger partial charge < -0.3 is 24.6 Å². The van der Waals surface area contributed by atoms with Gasteiger partial charge in [-0.25, -0.2) is 0 Å². The van der Waals surface area contributed by atoms with Gasteiger partial charge in [-0.05, 0) is 6.07 Å². The van der Waals surface area contributed by atoms with Gasteiger partial charge in [-0.15, -0.1) is 12.4 Å². The number of methoxy groups -OCH3 is 2. The fourth-order valence-electron chi connectivity index (χ4n) is 2.03. The normalized spacial score (nSPS) is 10.2. The molecular weight excluding hydrogens is 371 g/mol. The van der Waals surface area contributed by atoms with Crippen molar-refractivity contribution in [1.29, 1.82) is 0 Å². The largest absolute Gasteiger partial charge is 0.496 e. The van der Waals surface area contributed by atoms with Crippen molar-refractivity contribution >= 4 is 35.6 Å². The molecule has 2 rings (SSSR count). The molecule has 10 heteroatoms. The molecule has 0 bridgehead atoms. The van der Waals surface area contributed by atoms with Gasteiger partial charge in [-0.3, -0.25) is 4.79 Å². The van der Waals surface area contributed by atoms with Crippen molar-refractivity contribution in [2.75, 3.05) is 33.6 Å². The first-order valence-electron chi connectivity index (χ1n) is 7.15. The molecular formula is C15H20Cl2N4O4. The van der Waals surface area contributed by atoms with E-state index in [0.717, 1.165) is 0 Å². The lowest BCUT2D eigenvalue weighted by Crippen LogP contribution is -2.27. The maximum atomic E-state index is 12.6. The van der Waals surface area contributed by atoms with E-state index in [-0.39, 0.29) is 29.9 Å². The zero-order valence-electron chi connectivity index (χ0n) is 14.1. The van der Waals surface area contributed by atoms with Crippen molar-refractivity contribution in [1.82, 2.24) is 15.0 Å². The Morgan fingerprint density at radius 2 is 2.12 bits per heavy atom.